The molecule has 106 valence electrons. The normalized spacial score (nSPS) is 13.9. The maximum Gasteiger partial charge on any atom is 0.162 e. The predicted octanol–water partition coefficient (Wildman–Crippen LogP) is 4.78. The van der Waals surface area contributed by atoms with E-state index in [9.17, 15) is 8.78 Å². The van der Waals surface area contributed by atoms with E-state index in [0.717, 1.165) is 41.6 Å². The number of thiophene rings is 1. The zero-order valence-electron chi connectivity index (χ0n) is 10.8. The van der Waals surface area contributed by atoms with Crippen molar-refractivity contribution in [3.8, 4) is 11.4 Å². The Balaban J connectivity index is 1.92. The molecule has 0 N–H and O–H groups in total. The van der Waals surface area contributed by atoms with Crippen LogP contribution in [0.15, 0.2) is 18.2 Å². The van der Waals surface area contributed by atoms with Crippen molar-refractivity contribution in [1.29, 1.82) is 0 Å². The largest absolute Gasteiger partial charge is 0.217 e. The minimum atomic E-state index is -0.916. The van der Waals surface area contributed by atoms with Crippen molar-refractivity contribution in [2.24, 2.45) is 0 Å². The summed E-state index contributed by atoms with van der Waals surface area (Å²) in [6, 6.07) is 3.62. The molecule has 2 aromatic heterocycles. The maximum atomic E-state index is 13.4. The Bertz CT molecular complexity index is 876. The van der Waals surface area contributed by atoms with Crippen LogP contribution in [0.3, 0.4) is 0 Å². The molecule has 4 rings (SSSR count). The van der Waals surface area contributed by atoms with Crippen LogP contribution < -0.4 is 0 Å². The highest BCUT2D eigenvalue weighted by Crippen LogP contribution is 2.40. The Morgan fingerprint density at radius 2 is 1.95 bits per heavy atom. The molecule has 0 bridgehead atoms. The first-order chi connectivity index (χ1) is 10.1. The van der Waals surface area contributed by atoms with Gasteiger partial charge in [0, 0.05) is 10.4 Å². The smallest absolute Gasteiger partial charge is 0.162 e. The lowest BCUT2D eigenvalue weighted by atomic mass is 10.2. The molecule has 1 aromatic carbocycles. The van der Waals surface area contributed by atoms with Gasteiger partial charge in [0.1, 0.15) is 9.98 Å². The summed E-state index contributed by atoms with van der Waals surface area (Å²) >= 11 is 7.91. The second kappa shape index (κ2) is 4.71. The van der Waals surface area contributed by atoms with Crippen LogP contribution in [0.4, 0.5) is 8.78 Å². The van der Waals surface area contributed by atoms with Crippen LogP contribution in [0, 0.1) is 11.6 Å². The third kappa shape index (κ3) is 2.03. The van der Waals surface area contributed by atoms with Gasteiger partial charge in [0.2, 0.25) is 0 Å². The van der Waals surface area contributed by atoms with Gasteiger partial charge in [-0.1, -0.05) is 11.6 Å². The summed E-state index contributed by atoms with van der Waals surface area (Å²) in [7, 11) is 0. The summed E-state index contributed by atoms with van der Waals surface area (Å²) in [4.78, 5) is 10.9. The van der Waals surface area contributed by atoms with E-state index in [0.29, 0.717) is 16.5 Å². The Hall–Kier alpha value is -1.59. The average Bonchev–Trinajstić information content (AvgIpc) is 3.01. The highest BCUT2D eigenvalue weighted by atomic mass is 35.5. The fourth-order valence-corrected chi connectivity index (χ4v) is 4.32. The van der Waals surface area contributed by atoms with E-state index < -0.39 is 11.6 Å². The van der Waals surface area contributed by atoms with Crippen LogP contribution in [0.1, 0.15) is 16.9 Å². The summed E-state index contributed by atoms with van der Waals surface area (Å²) in [5.41, 5.74) is 1.67. The van der Waals surface area contributed by atoms with Crippen LogP contribution in [-0.4, -0.2) is 9.97 Å². The summed E-state index contributed by atoms with van der Waals surface area (Å²) in [6.45, 7) is 0. The zero-order chi connectivity index (χ0) is 14.6. The van der Waals surface area contributed by atoms with Gasteiger partial charge < -0.3 is 0 Å². The topological polar surface area (TPSA) is 25.8 Å². The molecule has 6 heteroatoms. The fourth-order valence-electron chi connectivity index (χ4n) is 2.72. The SMILES string of the molecule is Fc1ccc(-c2nc(Cl)c3c4c(sc3n2)CCC4)cc1F. The van der Waals surface area contributed by atoms with Gasteiger partial charge in [-0.3, -0.25) is 0 Å². The first kappa shape index (κ1) is 13.1. The van der Waals surface area contributed by atoms with Gasteiger partial charge >= 0.3 is 0 Å². The Kier molecular flexibility index (Phi) is 2.94. The van der Waals surface area contributed by atoms with Crippen LogP contribution in [-0.2, 0) is 12.8 Å². The van der Waals surface area contributed by atoms with Crippen LogP contribution in [0.25, 0.3) is 21.6 Å². The van der Waals surface area contributed by atoms with Crippen LogP contribution >= 0.6 is 22.9 Å². The lowest BCUT2D eigenvalue weighted by molar-refractivity contribution is 0.509. The van der Waals surface area contributed by atoms with E-state index >= 15 is 0 Å². The highest BCUT2D eigenvalue weighted by molar-refractivity contribution is 7.19. The molecule has 0 aliphatic heterocycles. The van der Waals surface area contributed by atoms with E-state index in [-0.39, 0.29) is 0 Å². The third-order valence-electron chi connectivity index (χ3n) is 3.70. The molecule has 2 nitrogen and oxygen atoms in total. The van der Waals surface area contributed by atoms with Crippen molar-refractivity contribution in [3.63, 3.8) is 0 Å². The molecule has 21 heavy (non-hydrogen) atoms. The van der Waals surface area contributed by atoms with Gasteiger partial charge in [-0.25, -0.2) is 18.7 Å². The maximum absolute atomic E-state index is 13.4. The lowest BCUT2D eigenvalue weighted by Gasteiger charge is -2.03. The van der Waals surface area contributed by atoms with Crippen molar-refractivity contribution in [1.82, 2.24) is 9.97 Å². The number of hydrogen-bond acceptors (Lipinski definition) is 3. The Morgan fingerprint density at radius 1 is 1.10 bits per heavy atom. The first-order valence-electron chi connectivity index (χ1n) is 6.56. The number of fused-ring (bicyclic) bond motifs is 3. The number of rotatable bonds is 1. The summed E-state index contributed by atoms with van der Waals surface area (Å²) in [6.07, 6.45) is 3.19. The second-order valence-electron chi connectivity index (χ2n) is 5.00. The number of halogens is 3. The average molecular weight is 323 g/mol. The van der Waals surface area contributed by atoms with Gasteiger partial charge in [0.15, 0.2) is 17.5 Å². The third-order valence-corrected chi connectivity index (χ3v) is 5.16. The van der Waals surface area contributed by atoms with Crippen LogP contribution in [0.5, 0.6) is 0 Å². The molecule has 0 saturated heterocycles. The van der Waals surface area contributed by atoms with Gasteiger partial charge in [-0.05, 0) is 43.0 Å². The monoisotopic (exact) mass is 322 g/mol. The highest BCUT2D eigenvalue weighted by Gasteiger charge is 2.22. The number of hydrogen-bond donors (Lipinski definition) is 0. The van der Waals surface area contributed by atoms with E-state index in [1.165, 1.54) is 16.5 Å². The number of nitrogens with zero attached hydrogens (tertiary/aromatic N) is 2. The molecule has 2 heterocycles. The van der Waals surface area contributed by atoms with Gasteiger partial charge in [0.25, 0.3) is 0 Å². The summed E-state index contributed by atoms with van der Waals surface area (Å²) in [5, 5.41) is 1.31. The van der Waals surface area contributed by atoms with Crippen molar-refractivity contribution >= 4 is 33.2 Å². The van der Waals surface area contributed by atoms with E-state index in [2.05, 4.69) is 9.97 Å². The van der Waals surface area contributed by atoms with Crippen molar-refractivity contribution in [2.45, 2.75) is 19.3 Å². The Labute approximate surface area is 128 Å². The quantitative estimate of drug-likeness (QED) is 0.603. The van der Waals surface area contributed by atoms with E-state index in [1.54, 1.807) is 11.3 Å². The second-order valence-corrected chi connectivity index (χ2v) is 6.45. The van der Waals surface area contributed by atoms with Gasteiger partial charge in [-0.15, -0.1) is 11.3 Å². The summed E-state index contributed by atoms with van der Waals surface area (Å²) < 4.78 is 26.4. The minimum Gasteiger partial charge on any atom is -0.217 e. The Morgan fingerprint density at radius 3 is 2.76 bits per heavy atom. The van der Waals surface area contributed by atoms with Crippen molar-refractivity contribution in [3.05, 3.63) is 45.4 Å². The molecule has 0 unspecified atom stereocenters. The molecule has 0 spiro atoms. The molecule has 3 aromatic rings. The lowest BCUT2D eigenvalue weighted by Crippen LogP contribution is -1.93. The molecular weight excluding hydrogens is 314 g/mol. The van der Waals surface area contributed by atoms with Crippen LogP contribution in [0.2, 0.25) is 5.15 Å². The summed E-state index contributed by atoms with van der Waals surface area (Å²) in [5.74, 6) is -1.48. The molecule has 0 fully saturated rings. The molecular formula is C15H9ClF2N2S. The van der Waals surface area contributed by atoms with Gasteiger partial charge in [0.05, 0.1) is 5.39 Å². The van der Waals surface area contributed by atoms with Crippen molar-refractivity contribution in [2.75, 3.05) is 0 Å². The molecule has 1 aliphatic rings. The number of aryl methyl sites for hydroxylation is 2. The molecule has 0 saturated carbocycles. The van der Waals surface area contributed by atoms with E-state index in [1.807, 2.05) is 0 Å². The molecule has 0 amide bonds. The first-order valence-corrected chi connectivity index (χ1v) is 7.76. The van der Waals surface area contributed by atoms with E-state index in [4.69, 9.17) is 11.6 Å². The molecule has 0 atom stereocenters. The molecule has 1 aliphatic carbocycles. The fraction of sp³-hybridized carbons (Fsp3) is 0.200. The van der Waals surface area contributed by atoms with Crippen molar-refractivity contribution < 1.29 is 8.78 Å². The zero-order valence-corrected chi connectivity index (χ0v) is 12.4. The standard InChI is InChI=1S/C15H9ClF2N2S/c16-13-12-8-2-1-3-11(8)21-15(12)20-14(19-13)7-4-5-9(17)10(18)6-7/h4-6H,1-3H2. The number of benzene rings is 1. The minimum absolute atomic E-state index is 0.325. The molecule has 0 radical (unpaired) electrons. The number of aromatic nitrogens is 2. The van der Waals surface area contributed by atoms with Gasteiger partial charge in [-0.2, -0.15) is 0 Å². The predicted molar refractivity (Wildman–Crippen MR) is 79.8 cm³/mol.